The third-order valence-electron chi connectivity index (χ3n) is 2.99. The zero-order chi connectivity index (χ0) is 9.71. The smallest absolute Gasteiger partial charge is 0.0628 e. The van der Waals surface area contributed by atoms with E-state index in [9.17, 15) is 0 Å². The number of hydrogen-bond acceptors (Lipinski definition) is 1. The number of fused-ring (bicyclic) bond motifs is 3. The van der Waals surface area contributed by atoms with Crippen LogP contribution >= 0.6 is 15.9 Å². The second kappa shape index (κ2) is 2.84. The minimum atomic E-state index is 0.993. The summed E-state index contributed by atoms with van der Waals surface area (Å²) in [7, 11) is 2.14. The Bertz CT molecular complexity index is 513. The SMILES string of the molecule is Cn1c2c(c3cccc(Br)c31)CNC2. The Morgan fingerprint density at radius 3 is 3.07 bits per heavy atom. The van der Waals surface area contributed by atoms with Crippen molar-refractivity contribution in [2.75, 3.05) is 0 Å². The van der Waals surface area contributed by atoms with Gasteiger partial charge in [-0.15, -0.1) is 0 Å². The van der Waals surface area contributed by atoms with Gasteiger partial charge in [-0.3, -0.25) is 0 Å². The standard InChI is InChI=1S/C11H11BrN2/c1-14-10-6-13-5-8(10)7-3-2-4-9(12)11(7)14/h2-4,13H,5-6H2,1H3. The predicted octanol–water partition coefficient (Wildman–Crippen LogP) is 2.54. The van der Waals surface area contributed by atoms with Crippen LogP contribution in [0.15, 0.2) is 22.7 Å². The molecule has 3 heteroatoms. The van der Waals surface area contributed by atoms with E-state index in [1.807, 2.05) is 0 Å². The molecule has 3 rings (SSSR count). The lowest BCUT2D eigenvalue weighted by Gasteiger charge is -2.02. The molecular weight excluding hydrogens is 240 g/mol. The molecule has 0 atom stereocenters. The minimum absolute atomic E-state index is 0.993. The van der Waals surface area contributed by atoms with E-state index in [1.165, 1.54) is 26.6 Å². The fourth-order valence-corrected chi connectivity index (χ4v) is 2.95. The Balaban J connectivity index is 2.51. The van der Waals surface area contributed by atoms with Crippen LogP contribution in [0, 0.1) is 0 Å². The number of nitrogens with zero attached hydrogens (tertiary/aromatic N) is 1. The van der Waals surface area contributed by atoms with Crippen molar-refractivity contribution < 1.29 is 0 Å². The van der Waals surface area contributed by atoms with Crippen molar-refractivity contribution in [1.82, 2.24) is 9.88 Å². The summed E-state index contributed by atoms with van der Waals surface area (Å²) in [6.45, 7) is 2.00. The molecule has 14 heavy (non-hydrogen) atoms. The Kier molecular flexibility index (Phi) is 1.73. The van der Waals surface area contributed by atoms with E-state index >= 15 is 0 Å². The van der Waals surface area contributed by atoms with Crippen LogP contribution in [0.1, 0.15) is 11.3 Å². The molecule has 0 bridgehead atoms. The van der Waals surface area contributed by atoms with E-state index < -0.39 is 0 Å². The second-order valence-corrected chi connectivity index (χ2v) is 4.58. The fraction of sp³-hybridized carbons (Fsp3) is 0.273. The summed E-state index contributed by atoms with van der Waals surface area (Å²) in [5, 5.41) is 4.76. The molecule has 0 spiro atoms. The maximum atomic E-state index is 3.61. The molecular formula is C11H11BrN2. The normalized spacial score (nSPS) is 15.0. The number of benzene rings is 1. The molecule has 0 aliphatic carbocycles. The lowest BCUT2D eigenvalue weighted by atomic mass is 10.1. The van der Waals surface area contributed by atoms with Crippen molar-refractivity contribution in [3.05, 3.63) is 33.9 Å². The lowest BCUT2D eigenvalue weighted by Crippen LogP contribution is -2.04. The van der Waals surface area contributed by atoms with Crippen LogP contribution in [0.5, 0.6) is 0 Å². The zero-order valence-corrected chi connectivity index (χ0v) is 9.56. The van der Waals surface area contributed by atoms with Crippen LogP contribution in [-0.2, 0) is 20.1 Å². The fourth-order valence-electron chi connectivity index (χ4n) is 2.32. The molecule has 0 unspecified atom stereocenters. The van der Waals surface area contributed by atoms with Crippen molar-refractivity contribution in [3.8, 4) is 0 Å². The molecule has 1 N–H and O–H groups in total. The topological polar surface area (TPSA) is 17.0 Å². The van der Waals surface area contributed by atoms with Gasteiger partial charge in [0.05, 0.1) is 5.52 Å². The molecule has 2 heterocycles. The minimum Gasteiger partial charge on any atom is -0.345 e. The molecule has 2 nitrogen and oxygen atoms in total. The third-order valence-corrected chi connectivity index (χ3v) is 3.63. The van der Waals surface area contributed by atoms with Crippen molar-refractivity contribution >= 4 is 26.8 Å². The van der Waals surface area contributed by atoms with Crippen molar-refractivity contribution in [2.24, 2.45) is 7.05 Å². The average Bonchev–Trinajstić information content (AvgIpc) is 2.71. The predicted molar refractivity (Wildman–Crippen MR) is 61.2 cm³/mol. The first-order chi connectivity index (χ1) is 6.79. The van der Waals surface area contributed by atoms with Gasteiger partial charge in [0.15, 0.2) is 0 Å². The second-order valence-electron chi connectivity index (χ2n) is 3.72. The molecule has 2 aromatic rings. The third kappa shape index (κ3) is 0.940. The van der Waals surface area contributed by atoms with Gasteiger partial charge in [-0.1, -0.05) is 12.1 Å². The summed E-state index contributed by atoms with van der Waals surface area (Å²) >= 11 is 3.61. The first-order valence-corrected chi connectivity index (χ1v) is 5.53. The van der Waals surface area contributed by atoms with Crippen LogP contribution in [0.25, 0.3) is 10.9 Å². The Hall–Kier alpha value is -0.800. The number of halogens is 1. The number of aromatic nitrogens is 1. The quantitative estimate of drug-likeness (QED) is 0.761. The highest BCUT2D eigenvalue weighted by molar-refractivity contribution is 9.10. The first kappa shape index (κ1) is 8.50. The van der Waals surface area contributed by atoms with Crippen LogP contribution in [-0.4, -0.2) is 4.57 Å². The Labute approximate surface area is 91.0 Å². The van der Waals surface area contributed by atoms with Crippen molar-refractivity contribution in [3.63, 3.8) is 0 Å². The maximum absolute atomic E-state index is 3.61. The molecule has 0 amide bonds. The van der Waals surface area contributed by atoms with E-state index in [2.05, 4.69) is 51.1 Å². The van der Waals surface area contributed by atoms with Gasteiger partial charge in [0.25, 0.3) is 0 Å². The van der Waals surface area contributed by atoms with E-state index in [1.54, 1.807) is 0 Å². The summed E-state index contributed by atoms with van der Waals surface area (Å²) in [5.74, 6) is 0. The molecule has 1 aromatic heterocycles. The molecule has 1 aliphatic heterocycles. The summed E-state index contributed by atoms with van der Waals surface area (Å²) in [6, 6.07) is 6.40. The molecule has 72 valence electrons. The van der Waals surface area contributed by atoms with Gasteiger partial charge in [0, 0.05) is 35.7 Å². The van der Waals surface area contributed by atoms with Gasteiger partial charge in [0.1, 0.15) is 0 Å². The highest BCUT2D eigenvalue weighted by atomic mass is 79.9. The number of rotatable bonds is 0. The summed E-state index contributed by atoms with van der Waals surface area (Å²) in [5.41, 5.74) is 4.20. The number of nitrogens with one attached hydrogen (secondary N) is 1. The van der Waals surface area contributed by atoms with Crippen LogP contribution < -0.4 is 5.32 Å². The number of hydrogen-bond donors (Lipinski definition) is 1. The summed E-state index contributed by atoms with van der Waals surface area (Å²) < 4.78 is 3.47. The molecule has 0 saturated carbocycles. The Morgan fingerprint density at radius 2 is 2.21 bits per heavy atom. The summed E-state index contributed by atoms with van der Waals surface area (Å²) in [4.78, 5) is 0. The number of para-hydroxylation sites is 1. The largest absolute Gasteiger partial charge is 0.345 e. The molecule has 0 saturated heterocycles. The van der Waals surface area contributed by atoms with Crippen LogP contribution in [0.4, 0.5) is 0 Å². The zero-order valence-electron chi connectivity index (χ0n) is 7.97. The monoisotopic (exact) mass is 250 g/mol. The van der Waals surface area contributed by atoms with Gasteiger partial charge in [-0.2, -0.15) is 0 Å². The molecule has 1 aliphatic rings. The first-order valence-electron chi connectivity index (χ1n) is 4.74. The van der Waals surface area contributed by atoms with E-state index in [0.717, 1.165) is 13.1 Å². The van der Waals surface area contributed by atoms with E-state index in [-0.39, 0.29) is 0 Å². The van der Waals surface area contributed by atoms with Gasteiger partial charge >= 0.3 is 0 Å². The molecule has 0 radical (unpaired) electrons. The van der Waals surface area contributed by atoms with Crippen LogP contribution in [0.2, 0.25) is 0 Å². The van der Waals surface area contributed by atoms with Gasteiger partial charge in [-0.05, 0) is 27.6 Å². The van der Waals surface area contributed by atoms with Gasteiger partial charge < -0.3 is 9.88 Å². The van der Waals surface area contributed by atoms with Crippen molar-refractivity contribution in [2.45, 2.75) is 13.1 Å². The Morgan fingerprint density at radius 1 is 1.36 bits per heavy atom. The molecule has 1 aromatic carbocycles. The highest BCUT2D eigenvalue weighted by Gasteiger charge is 2.19. The van der Waals surface area contributed by atoms with E-state index in [4.69, 9.17) is 0 Å². The highest BCUT2D eigenvalue weighted by Crippen LogP contribution is 2.32. The van der Waals surface area contributed by atoms with Gasteiger partial charge in [-0.25, -0.2) is 0 Å². The summed E-state index contributed by atoms with van der Waals surface area (Å²) in [6.07, 6.45) is 0. The van der Waals surface area contributed by atoms with E-state index in [0.29, 0.717) is 0 Å². The van der Waals surface area contributed by atoms with Crippen LogP contribution in [0.3, 0.4) is 0 Å². The lowest BCUT2D eigenvalue weighted by molar-refractivity contribution is 0.733. The van der Waals surface area contributed by atoms with Gasteiger partial charge in [0.2, 0.25) is 0 Å². The average molecular weight is 251 g/mol. The maximum Gasteiger partial charge on any atom is 0.0628 e. The van der Waals surface area contributed by atoms with Crippen molar-refractivity contribution in [1.29, 1.82) is 0 Å². The molecule has 0 fully saturated rings. The number of aryl methyl sites for hydroxylation is 1.